The lowest BCUT2D eigenvalue weighted by Gasteiger charge is -2.12. The largest absolute Gasteiger partial charge is 0.396 e. The van der Waals surface area contributed by atoms with Gasteiger partial charge in [0.25, 0.3) is 0 Å². The van der Waals surface area contributed by atoms with Crippen molar-refractivity contribution in [3.05, 3.63) is 35.0 Å². The number of hydrogen-bond acceptors (Lipinski definition) is 3. The number of aliphatic hydroxyl groups excluding tert-OH is 1. The van der Waals surface area contributed by atoms with Gasteiger partial charge in [0.1, 0.15) is 5.82 Å². The first-order valence-corrected chi connectivity index (χ1v) is 5.74. The molecule has 1 aromatic rings. The molecule has 1 aliphatic rings. The van der Waals surface area contributed by atoms with Gasteiger partial charge in [0, 0.05) is 29.2 Å². The van der Waals surface area contributed by atoms with E-state index in [0.717, 1.165) is 16.7 Å². The second-order valence-electron chi connectivity index (χ2n) is 3.68. The Bertz CT molecular complexity index is 350. The Labute approximate surface area is 97.4 Å². The Balaban J connectivity index is 1.93. The fourth-order valence-corrected chi connectivity index (χ4v) is 1.90. The molecule has 0 aliphatic heterocycles. The van der Waals surface area contributed by atoms with Gasteiger partial charge in [-0.3, -0.25) is 0 Å². The minimum Gasteiger partial charge on any atom is -0.396 e. The Morgan fingerprint density at radius 1 is 1.47 bits per heavy atom. The van der Waals surface area contributed by atoms with Gasteiger partial charge >= 0.3 is 0 Å². The SMILES string of the molecule is OC[C@H]1C=C[C@@H](Nc2ccc(Br)cn2)C1. The predicted molar refractivity (Wildman–Crippen MR) is 63.7 cm³/mol. The van der Waals surface area contributed by atoms with E-state index in [1.54, 1.807) is 6.20 Å². The van der Waals surface area contributed by atoms with E-state index in [1.165, 1.54) is 0 Å². The minimum absolute atomic E-state index is 0.225. The van der Waals surface area contributed by atoms with Crippen molar-refractivity contribution in [1.29, 1.82) is 0 Å². The van der Waals surface area contributed by atoms with Crippen molar-refractivity contribution in [2.75, 3.05) is 11.9 Å². The molecule has 0 amide bonds. The van der Waals surface area contributed by atoms with E-state index in [9.17, 15) is 0 Å². The number of rotatable bonds is 3. The summed E-state index contributed by atoms with van der Waals surface area (Å²) in [6.45, 7) is 0.225. The standard InChI is InChI=1S/C11H13BrN2O/c12-9-2-4-11(13-6-9)14-10-3-1-8(5-10)7-15/h1-4,6,8,10,15H,5,7H2,(H,13,14)/t8-,10+/m0/s1. The first kappa shape index (κ1) is 10.6. The van der Waals surface area contributed by atoms with Gasteiger partial charge in [-0.15, -0.1) is 0 Å². The lowest BCUT2D eigenvalue weighted by Crippen LogP contribution is -2.17. The molecule has 2 rings (SSSR count). The highest BCUT2D eigenvalue weighted by molar-refractivity contribution is 9.10. The zero-order valence-corrected chi connectivity index (χ0v) is 9.81. The van der Waals surface area contributed by atoms with Gasteiger partial charge in [0.2, 0.25) is 0 Å². The van der Waals surface area contributed by atoms with Crippen LogP contribution >= 0.6 is 15.9 Å². The second kappa shape index (κ2) is 4.77. The Kier molecular flexibility index (Phi) is 3.38. The van der Waals surface area contributed by atoms with E-state index in [-0.39, 0.29) is 18.6 Å². The second-order valence-corrected chi connectivity index (χ2v) is 4.59. The Hall–Kier alpha value is -0.870. The van der Waals surface area contributed by atoms with E-state index in [1.807, 2.05) is 12.1 Å². The van der Waals surface area contributed by atoms with E-state index in [4.69, 9.17) is 5.11 Å². The lowest BCUT2D eigenvalue weighted by atomic mass is 10.1. The van der Waals surface area contributed by atoms with Crippen LogP contribution in [0.1, 0.15) is 6.42 Å². The maximum Gasteiger partial charge on any atom is 0.126 e. The third kappa shape index (κ3) is 2.79. The molecule has 80 valence electrons. The molecule has 2 atom stereocenters. The zero-order valence-electron chi connectivity index (χ0n) is 8.23. The summed E-state index contributed by atoms with van der Waals surface area (Å²) in [6.07, 6.45) is 6.85. The van der Waals surface area contributed by atoms with Crippen molar-refractivity contribution < 1.29 is 5.11 Å². The number of anilines is 1. The lowest BCUT2D eigenvalue weighted by molar-refractivity contribution is 0.250. The van der Waals surface area contributed by atoms with Crippen molar-refractivity contribution in [2.24, 2.45) is 5.92 Å². The summed E-state index contributed by atoms with van der Waals surface area (Å²) < 4.78 is 0.975. The fraction of sp³-hybridized carbons (Fsp3) is 0.364. The third-order valence-electron chi connectivity index (χ3n) is 2.47. The van der Waals surface area contributed by atoms with E-state index in [2.05, 4.69) is 38.4 Å². The molecule has 0 fully saturated rings. The third-order valence-corrected chi connectivity index (χ3v) is 2.94. The van der Waals surface area contributed by atoms with Crippen molar-refractivity contribution in [3.63, 3.8) is 0 Å². The molecule has 1 aromatic heterocycles. The number of nitrogens with zero attached hydrogens (tertiary/aromatic N) is 1. The molecule has 1 aliphatic carbocycles. The Morgan fingerprint density at radius 2 is 2.33 bits per heavy atom. The molecule has 2 N–H and O–H groups in total. The van der Waals surface area contributed by atoms with Crippen LogP contribution in [0.25, 0.3) is 0 Å². The van der Waals surface area contributed by atoms with Crippen LogP contribution < -0.4 is 5.32 Å². The van der Waals surface area contributed by atoms with E-state index in [0.29, 0.717) is 0 Å². The number of nitrogens with one attached hydrogen (secondary N) is 1. The number of hydrogen-bond donors (Lipinski definition) is 2. The highest BCUT2D eigenvalue weighted by Crippen LogP contribution is 2.20. The Morgan fingerprint density at radius 3 is 2.93 bits per heavy atom. The van der Waals surface area contributed by atoms with Crippen LogP contribution in [0.4, 0.5) is 5.82 Å². The normalized spacial score (nSPS) is 24.4. The van der Waals surface area contributed by atoms with Gasteiger partial charge in [-0.1, -0.05) is 12.2 Å². The quantitative estimate of drug-likeness (QED) is 0.827. The summed E-state index contributed by atoms with van der Waals surface area (Å²) in [6, 6.07) is 4.18. The van der Waals surface area contributed by atoms with Gasteiger partial charge < -0.3 is 10.4 Å². The maximum atomic E-state index is 8.99. The van der Waals surface area contributed by atoms with Crippen LogP contribution in [0.2, 0.25) is 0 Å². The van der Waals surface area contributed by atoms with Crippen molar-refractivity contribution in [3.8, 4) is 0 Å². The fourth-order valence-electron chi connectivity index (χ4n) is 1.67. The highest BCUT2D eigenvalue weighted by atomic mass is 79.9. The monoisotopic (exact) mass is 268 g/mol. The average molecular weight is 269 g/mol. The van der Waals surface area contributed by atoms with Crippen LogP contribution in [-0.2, 0) is 0 Å². The molecule has 15 heavy (non-hydrogen) atoms. The summed E-state index contributed by atoms with van der Waals surface area (Å²) >= 11 is 3.34. The molecule has 3 nitrogen and oxygen atoms in total. The van der Waals surface area contributed by atoms with Crippen LogP contribution in [-0.4, -0.2) is 22.7 Å². The van der Waals surface area contributed by atoms with Crippen LogP contribution in [0.15, 0.2) is 35.0 Å². The van der Waals surface area contributed by atoms with Crippen LogP contribution in [0.3, 0.4) is 0 Å². The smallest absolute Gasteiger partial charge is 0.126 e. The van der Waals surface area contributed by atoms with Crippen molar-refractivity contribution in [1.82, 2.24) is 4.98 Å². The number of aliphatic hydroxyl groups is 1. The molecule has 0 saturated carbocycles. The van der Waals surface area contributed by atoms with Crippen LogP contribution in [0.5, 0.6) is 0 Å². The highest BCUT2D eigenvalue weighted by Gasteiger charge is 2.17. The first-order chi connectivity index (χ1) is 7.28. The number of pyridine rings is 1. The molecular weight excluding hydrogens is 256 g/mol. The molecule has 0 bridgehead atoms. The van der Waals surface area contributed by atoms with Crippen molar-refractivity contribution in [2.45, 2.75) is 12.5 Å². The summed E-state index contributed by atoms with van der Waals surface area (Å²) in [5, 5.41) is 12.3. The van der Waals surface area contributed by atoms with Gasteiger partial charge in [-0.05, 0) is 34.5 Å². The molecule has 0 unspecified atom stereocenters. The van der Waals surface area contributed by atoms with E-state index < -0.39 is 0 Å². The van der Waals surface area contributed by atoms with Gasteiger partial charge in [0.15, 0.2) is 0 Å². The molecule has 0 saturated heterocycles. The summed E-state index contributed by atoms with van der Waals surface area (Å²) in [5.41, 5.74) is 0. The van der Waals surface area contributed by atoms with Gasteiger partial charge in [-0.25, -0.2) is 4.98 Å². The molecular formula is C11H13BrN2O. The maximum absolute atomic E-state index is 8.99. The van der Waals surface area contributed by atoms with Gasteiger partial charge in [0.05, 0.1) is 0 Å². The first-order valence-electron chi connectivity index (χ1n) is 4.95. The molecule has 1 heterocycles. The zero-order chi connectivity index (χ0) is 10.7. The van der Waals surface area contributed by atoms with E-state index >= 15 is 0 Å². The summed E-state index contributed by atoms with van der Waals surface area (Å²) in [7, 11) is 0. The molecule has 0 radical (unpaired) electrons. The topological polar surface area (TPSA) is 45.1 Å². The molecule has 0 spiro atoms. The summed E-state index contributed by atoms with van der Waals surface area (Å²) in [5.74, 6) is 1.16. The number of halogens is 1. The molecule has 0 aromatic carbocycles. The van der Waals surface area contributed by atoms with Crippen molar-refractivity contribution >= 4 is 21.7 Å². The minimum atomic E-state index is 0.225. The summed E-state index contributed by atoms with van der Waals surface area (Å²) in [4.78, 5) is 4.24. The number of aromatic nitrogens is 1. The van der Waals surface area contributed by atoms with Gasteiger partial charge in [-0.2, -0.15) is 0 Å². The molecule has 4 heteroatoms. The van der Waals surface area contributed by atoms with Crippen LogP contribution in [0, 0.1) is 5.92 Å². The predicted octanol–water partition coefficient (Wildman–Crippen LogP) is 2.19. The average Bonchev–Trinajstić information content (AvgIpc) is 2.69.